The molecule has 18 heavy (non-hydrogen) atoms. The molecule has 1 heterocycles. The summed E-state index contributed by atoms with van der Waals surface area (Å²) in [6.45, 7) is 3.06. The highest BCUT2D eigenvalue weighted by Crippen LogP contribution is 2.25. The monoisotopic (exact) mass is 248 g/mol. The van der Waals surface area contributed by atoms with Gasteiger partial charge in [0.25, 0.3) is 0 Å². The molecule has 0 fully saturated rings. The Morgan fingerprint density at radius 2 is 2.06 bits per heavy atom. The van der Waals surface area contributed by atoms with Crippen LogP contribution in [0.5, 0.6) is 0 Å². The second kappa shape index (κ2) is 5.23. The van der Waals surface area contributed by atoms with Crippen molar-refractivity contribution in [1.82, 2.24) is 0 Å². The Labute approximate surface area is 106 Å². The first-order valence-electron chi connectivity index (χ1n) is 6.04. The Kier molecular flexibility index (Phi) is 3.67. The van der Waals surface area contributed by atoms with Crippen LogP contribution in [0.2, 0.25) is 0 Å². The third-order valence-corrected chi connectivity index (χ3v) is 2.86. The number of ether oxygens (including phenoxy) is 1. The molecule has 0 aliphatic heterocycles. The van der Waals surface area contributed by atoms with E-state index in [9.17, 15) is 4.79 Å². The number of fused-ring (bicyclic) bond motifs is 1. The van der Waals surface area contributed by atoms with Crippen molar-refractivity contribution in [2.45, 2.75) is 6.92 Å². The third kappa shape index (κ3) is 2.54. The second-order valence-electron chi connectivity index (χ2n) is 4.65. The standard InChI is InChI=1S/C14H17NO3/c1-10-11-6-4-5-7-12(11)18-13(10)14(16)17-9-8-15(2)3/h4-7H,8-9H2,1-3H3/p+1. The fraction of sp³-hybridized carbons (Fsp3) is 0.357. The predicted octanol–water partition coefficient (Wildman–Crippen LogP) is 1.04. The number of furan rings is 1. The van der Waals surface area contributed by atoms with Gasteiger partial charge in [-0.1, -0.05) is 18.2 Å². The topological polar surface area (TPSA) is 43.9 Å². The van der Waals surface area contributed by atoms with Gasteiger partial charge in [-0.05, 0) is 13.0 Å². The zero-order valence-electron chi connectivity index (χ0n) is 10.9. The van der Waals surface area contributed by atoms with Crippen molar-refractivity contribution in [3.63, 3.8) is 0 Å². The van der Waals surface area contributed by atoms with Crippen molar-refractivity contribution in [2.75, 3.05) is 27.2 Å². The summed E-state index contributed by atoms with van der Waals surface area (Å²) in [5, 5.41) is 0.961. The summed E-state index contributed by atoms with van der Waals surface area (Å²) in [5.74, 6) is -0.0742. The number of nitrogens with one attached hydrogen (secondary N) is 1. The molecule has 0 spiro atoms. The fourth-order valence-electron chi connectivity index (χ4n) is 1.78. The molecule has 0 saturated heterocycles. The molecular weight excluding hydrogens is 230 g/mol. The van der Waals surface area contributed by atoms with E-state index >= 15 is 0 Å². The lowest BCUT2D eigenvalue weighted by Gasteiger charge is -2.07. The summed E-state index contributed by atoms with van der Waals surface area (Å²) in [5.41, 5.74) is 1.56. The largest absolute Gasteiger partial charge is 0.454 e. The molecule has 1 N–H and O–H groups in total. The van der Waals surface area contributed by atoms with E-state index in [4.69, 9.17) is 9.15 Å². The highest BCUT2D eigenvalue weighted by Gasteiger charge is 2.18. The van der Waals surface area contributed by atoms with E-state index in [1.165, 1.54) is 4.90 Å². The minimum atomic E-state index is -0.384. The van der Waals surface area contributed by atoms with Crippen LogP contribution >= 0.6 is 0 Å². The minimum Gasteiger partial charge on any atom is -0.454 e. The van der Waals surface area contributed by atoms with E-state index < -0.39 is 0 Å². The lowest BCUT2D eigenvalue weighted by molar-refractivity contribution is -0.858. The summed E-state index contributed by atoms with van der Waals surface area (Å²) in [7, 11) is 4.03. The van der Waals surface area contributed by atoms with Gasteiger partial charge in [0, 0.05) is 10.9 Å². The normalized spacial score (nSPS) is 11.1. The number of likely N-dealkylation sites (N-methyl/N-ethyl adjacent to an activating group) is 1. The van der Waals surface area contributed by atoms with Crippen LogP contribution in [-0.2, 0) is 4.74 Å². The molecule has 0 radical (unpaired) electrons. The van der Waals surface area contributed by atoms with E-state index in [0.717, 1.165) is 23.1 Å². The fourth-order valence-corrected chi connectivity index (χ4v) is 1.78. The van der Waals surface area contributed by atoms with Gasteiger partial charge in [-0.2, -0.15) is 0 Å². The van der Waals surface area contributed by atoms with Crippen LogP contribution in [0, 0.1) is 6.92 Å². The van der Waals surface area contributed by atoms with Crippen molar-refractivity contribution in [1.29, 1.82) is 0 Å². The van der Waals surface area contributed by atoms with Gasteiger partial charge < -0.3 is 14.1 Å². The molecule has 2 aromatic rings. The summed E-state index contributed by atoms with van der Waals surface area (Å²) in [6.07, 6.45) is 0. The number of benzene rings is 1. The predicted molar refractivity (Wildman–Crippen MR) is 68.9 cm³/mol. The lowest BCUT2D eigenvalue weighted by atomic mass is 10.1. The summed E-state index contributed by atoms with van der Waals surface area (Å²) < 4.78 is 10.7. The van der Waals surface area contributed by atoms with Crippen molar-refractivity contribution in [3.05, 3.63) is 35.6 Å². The Hall–Kier alpha value is -1.81. The Morgan fingerprint density at radius 3 is 2.72 bits per heavy atom. The molecule has 0 saturated carbocycles. The third-order valence-electron chi connectivity index (χ3n) is 2.86. The van der Waals surface area contributed by atoms with Crippen LogP contribution in [0.15, 0.2) is 28.7 Å². The molecule has 2 rings (SSSR count). The highest BCUT2D eigenvalue weighted by molar-refractivity contribution is 5.95. The minimum absolute atomic E-state index is 0.310. The van der Waals surface area contributed by atoms with Gasteiger partial charge in [-0.3, -0.25) is 0 Å². The SMILES string of the molecule is Cc1c(C(=O)OCC[NH+](C)C)oc2ccccc12. The molecular formula is C14H18NO3+. The van der Waals surface area contributed by atoms with E-state index in [1.54, 1.807) is 0 Å². The average Bonchev–Trinajstić information content (AvgIpc) is 2.67. The van der Waals surface area contributed by atoms with E-state index in [2.05, 4.69) is 0 Å². The summed E-state index contributed by atoms with van der Waals surface area (Å²) >= 11 is 0. The molecule has 0 aliphatic carbocycles. The van der Waals surface area contributed by atoms with Gasteiger partial charge in [0.2, 0.25) is 5.76 Å². The number of esters is 1. The Balaban J connectivity index is 2.15. The number of para-hydroxylation sites is 1. The number of quaternary nitrogens is 1. The average molecular weight is 248 g/mol. The molecule has 4 heteroatoms. The van der Waals surface area contributed by atoms with Crippen molar-refractivity contribution in [3.8, 4) is 0 Å². The number of aryl methyl sites for hydroxylation is 1. The zero-order valence-corrected chi connectivity index (χ0v) is 10.9. The molecule has 4 nitrogen and oxygen atoms in total. The smallest absolute Gasteiger partial charge is 0.374 e. The number of hydrogen-bond donors (Lipinski definition) is 1. The van der Waals surface area contributed by atoms with Crippen molar-refractivity contribution in [2.24, 2.45) is 0 Å². The van der Waals surface area contributed by atoms with Crippen LogP contribution in [0.25, 0.3) is 11.0 Å². The zero-order chi connectivity index (χ0) is 13.1. The van der Waals surface area contributed by atoms with Crippen LogP contribution < -0.4 is 4.90 Å². The molecule has 1 aromatic carbocycles. The molecule has 1 aromatic heterocycles. The van der Waals surface area contributed by atoms with Crippen LogP contribution in [0.4, 0.5) is 0 Å². The Bertz CT molecular complexity index is 557. The number of rotatable bonds is 4. The quantitative estimate of drug-likeness (QED) is 0.822. The van der Waals surface area contributed by atoms with E-state index in [-0.39, 0.29) is 5.97 Å². The van der Waals surface area contributed by atoms with Crippen molar-refractivity contribution < 1.29 is 18.8 Å². The number of hydrogen-bond acceptors (Lipinski definition) is 3. The second-order valence-corrected chi connectivity index (χ2v) is 4.65. The van der Waals surface area contributed by atoms with Gasteiger partial charge in [0.05, 0.1) is 14.1 Å². The first-order chi connectivity index (χ1) is 8.59. The molecule has 0 atom stereocenters. The van der Waals surface area contributed by atoms with Crippen molar-refractivity contribution >= 4 is 16.9 Å². The van der Waals surface area contributed by atoms with Crippen LogP contribution in [0.3, 0.4) is 0 Å². The molecule has 0 unspecified atom stereocenters. The first-order valence-corrected chi connectivity index (χ1v) is 6.04. The summed E-state index contributed by atoms with van der Waals surface area (Å²) in [4.78, 5) is 13.1. The van der Waals surface area contributed by atoms with E-state index in [0.29, 0.717) is 12.4 Å². The maximum atomic E-state index is 11.9. The first kappa shape index (κ1) is 12.6. The maximum Gasteiger partial charge on any atom is 0.374 e. The van der Waals surface area contributed by atoms with Gasteiger partial charge in [0.1, 0.15) is 18.7 Å². The summed E-state index contributed by atoms with van der Waals surface area (Å²) in [6, 6.07) is 7.60. The number of carbonyl (C=O) groups is 1. The van der Waals surface area contributed by atoms with Gasteiger partial charge in [-0.15, -0.1) is 0 Å². The maximum absolute atomic E-state index is 11.9. The molecule has 0 aliphatic rings. The Morgan fingerprint density at radius 1 is 1.33 bits per heavy atom. The highest BCUT2D eigenvalue weighted by atomic mass is 16.5. The van der Waals surface area contributed by atoms with Gasteiger partial charge >= 0.3 is 5.97 Å². The van der Waals surface area contributed by atoms with E-state index in [1.807, 2.05) is 45.3 Å². The van der Waals surface area contributed by atoms with Gasteiger partial charge in [-0.25, -0.2) is 4.79 Å². The number of carbonyl (C=O) groups excluding carboxylic acids is 1. The van der Waals surface area contributed by atoms with Gasteiger partial charge in [0.15, 0.2) is 0 Å². The van der Waals surface area contributed by atoms with Crippen LogP contribution in [0.1, 0.15) is 16.1 Å². The molecule has 96 valence electrons. The molecule has 0 bridgehead atoms. The lowest BCUT2D eigenvalue weighted by Crippen LogP contribution is -3.06. The molecule has 0 amide bonds. The van der Waals surface area contributed by atoms with Crippen LogP contribution in [-0.4, -0.2) is 33.2 Å².